The Kier molecular flexibility index (Phi) is 6.59. The van der Waals surface area contributed by atoms with Crippen molar-refractivity contribution >= 4 is 28.9 Å². The van der Waals surface area contributed by atoms with E-state index in [9.17, 15) is 26.7 Å². The zero-order valence-electron chi connectivity index (χ0n) is 21.9. The zero-order chi connectivity index (χ0) is 29.6. The molecule has 1 aromatic heterocycles. The Morgan fingerprint density at radius 3 is 2.60 bits per heavy atom. The first-order chi connectivity index (χ1) is 19.9. The fraction of sp³-hybridized carbons (Fsp3) is 0.207. The highest BCUT2D eigenvalue weighted by Gasteiger charge is 2.43. The lowest BCUT2D eigenvalue weighted by Crippen LogP contribution is -2.32. The predicted octanol–water partition coefficient (Wildman–Crippen LogP) is 6.68. The van der Waals surface area contributed by atoms with Crippen molar-refractivity contribution in [2.24, 2.45) is 0 Å². The maximum Gasteiger partial charge on any atom is 0.586 e. The molecule has 6 rings (SSSR count). The molecule has 13 heteroatoms. The van der Waals surface area contributed by atoms with Crippen LogP contribution in [0.15, 0.2) is 66.9 Å². The summed E-state index contributed by atoms with van der Waals surface area (Å²) in [5.74, 6) is -0.512. The number of nitrogens with zero attached hydrogens (tertiary/aromatic N) is 3. The third-order valence-electron chi connectivity index (χ3n) is 6.85. The highest BCUT2D eigenvalue weighted by Crippen LogP contribution is 2.42. The lowest BCUT2D eigenvalue weighted by Gasteiger charge is -2.31. The summed E-state index contributed by atoms with van der Waals surface area (Å²) in [6.07, 6.45) is -5.99. The number of halogens is 5. The van der Waals surface area contributed by atoms with Crippen LogP contribution < -0.4 is 25.0 Å². The van der Waals surface area contributed by atoms with Gasteiger partial charge in [0.2, 0.25) is 5.95 Å². The molecule has 4 aromatic rings. The van der Waals surface area contributed by atoms with Gasteiger partial charge in [-0.05, 0) is 55.0 Å². The summed E-state index contributed by atoms with van der Waals surface area (Å²) >= 11 is 0. The quantitative estimate of drug-likeness (QED) is 0.253. The highest BCUT2D eigenvalue weighted by molar-refractivity contribution is 6.04. The molecule has 0 spiro atoms. The smallest absolute Gasteiger partial charge is 0.395 e. The van der Waals surface area contributed by atoms with Crippen molar-refractivity contribution in [3.05, 3.63) is 94.8 Å². The van der Waals surface area contributed by atoms with E-state index in [0.29, 0.717) is 36.8 Å². The Balaban J connectivity index is 1.15. The van der Waals surface area contributed by atoms with Crippen LogP contribution in [-0.4, -0.2) is 28.7 Å². The fourth-order valence-electron chi connectivity index (χ4n) is 4.81. The first-order valence-electron chi connectivity index (χ1n) is 12.8. The van der Waals surface area contributed by atoms with Gasteiger partial charge in [-0.2, -0.15) is 13.2 Å². The maximum atomic E-state index is 13.3. The van der Waals surface area contributed by atoms with Gasteiger partial charge in [-0.25, -0.2) is 9.97 Å². The third-order valence-corrected chi connectivity index (χ3v) is 6.85. The largest absolute Gasteiger partial charge is 0.586 e. The molecule has 42 heavy (non-hydrogen) atoms. The second-order valence-electron chi connectivity index (χ2n) is 9.83. The van der Waals surface area contributed by atoms with Crippen LogP contribution in [0.4, 0.5) is 45.0 Å². The summed E-state index contributed by atoms with van der Waals surface area (Å²) in [5.41, 5.74) is 3.41. The Morgan fingerprint density at radius 1 is 1.00 bits per heavy atom. The molecule has 0 aliphatic carbocycles. The number of anilines is 4. The number of nitrogens with one attached hydrogen (secondary N) is 2. The third kappa shape index (κ3) is 5.62. The van der Waals surface area contributed by atoms with Crippen molar-refractivity contribution in [3.63, 3.8) is 0 Å². The Labute approximate surface area is 236 Å². The second-order valence-corrected chi connectivity index (χ2v) is 9.83. The number of alkyl halides is 5. The molecule has 1 amide bonds. The van der Waals surface area contributed by atoms with E-state index in [2.05, 4.69) is 35.0 Å². The van der Waals surface area contributed by atoms with E-state index < -0.39 is 23.9 Å². The second kappa shape index (κ2) is 10.2. The molecule has 0 radical (unpaired) electrons. The van der Waals surface area contributed by atoms with Crippen LogP contribution in [0.3, 0.4) is 0 Å². The topological polar surface area (TPSA) is 88.6 Å². The molecule has 2 aliphatic heterocycles. The van der Waals surface area contributed by atoms with Crippen molar-refractivity contribution in [2.75, 3.05) is 22.1 Å². The van der Waals surface area contributed by atoms with Crippen molar-refractivity contribution in [1.29, 1.82) is 0 Å². The van der Waals surface area contributed by atoms with Gasteiger partial charge in [0.1, 0.15) is 0 Å². The highest BCUT2D eigenvalue weighted by atomic mass is 19.4. The number of carbonyl (C=O) groups excluding carboxylic acids is 1. The molecule has 3 aromatic carbocycles. The van der Waals surface area contributed by atoms with Crippen LogP contribution in [0.1, 0.15) is 32.7 Å². The van der Waals surface area contributed by atoms with Gasteiger partial charge < -0.3 is 25.0 Å². The van der Waals surface area contributed by atoms with Crippen molar-refractivity contribution in [1.82, 2.24) is 9.97 Å². The predicted molar refractivity (Wildman–Crippen MR) is 143 cm³/mol. The van der Waals surface area contributed by atoms with E-state index in [-0.39, 0.29) is 17.1 Å². The summed E-state index contributed by atoms with van der Waals surface area (Å²) < 4.78 is 74.7. The number of amides is 1. The monoisotopic (exact) mass is 583 g/mol. The minimum Gasteiger partial charge on any atom is -0.395 e. The average molecular weight is 584 g/mol. The van der Waals surface area contributed by atoms with E-state index in [1.807, 2.05) is 13.0 Å². The summed E-state index contributed by atoms with van der Waals surface area (Å²) in [6.45, 7) is 3.02. The number of rotatable bonds is 5. The molecule has 0 unspecified atom stereocenters. The van der Waals surface area contributed by atoms with Gasteiger partial charge in [0.05, 0.1) is 11.3 Å². The molecule has 3 heterocycles. The maximum absolute atomic E-state index is 13.3. The number of aryl methyl sites for hydroxylation is 1. The number of carbonyl (C=O) groups is 1. The number of aromatic nitrogens is 2. The molecule has 0 saturated heterocycles. The molecule has 0 bridgehead atoms. The molecule has 0 fully saturated rings. The van der Waals surface area contributed by atoms with E-state index in [1.165, 1.54) is 24.3 Å². The van der Waals surface area contributed by atoms with Crippen LogP contribution >= 0.6 is 0 Å². The van der Waals surface area contributed by atoms with Crippen LogP contribution in [0.2, 0.25) is 0 Å². The van der Waals surface area contributed by atoms with Gasteiger partial charge in [0.15, 0.2) is 11.5 Å². The van der Waals surface area contributed by atoms with E-state index in [0.717, 1.165) is 34.6 Å². The van der Waals surface area contributed by atoms with Crippen LogP contribution in [0.5, 0.6) is 11.5 Å². The molecule has 216 valence electrons. The summed E-state index contributed by atoms with van der Waals surface area (Å²) in [6, 6.07) is 13.9. The Morgan fingerprint density at radius 2 is 1.79 bits per heavy atom. The van der Waals surface area contributed by atoms with Crippen LogP contribution in [0.25, 0.3) is 0 Å². The SMILES string of the molecule is Cc1ccc(NC(=O)c2cccc(C(F)(F)F)c2)cc1N1CCc2nc(Nc3ccc4c(c3)OC(F)(F)O4)ncc2C1. The average Bonchev–Trinajstić information content (AvgIpc) is 3.26. The lowest BCUT2D eigenvalue weighted by molar-refractivity contribution is -0.286. The molecule has 8 nitrogen and oxygen atoms in total. The van der Waals surface area contributed by atoms with Crippen molar-refractivity contribution in [3.8, 4) is 11.5 Å². The van der Waals surface area contributed by atoms with Gasteiger partial charge >= 0.3 is 12.5 Å². The van der Waals surface area contributed by atoms with Gasteiger partial charge in [-0.15, -0.1) is 8.78 Å². The number of ether oxygens (including phenoxy) is 2. The Bertz CT molecular complexity index is 1700. The van der Waals surface area contributed by atoms with Gasteiger partial charge in [-0.1, -0.05) is 12.1 Å². The number of fused-ring (bicyclic) bond motifs is 2. The molecular weight excluding hydrogens is 561 g/mol. The first kappa shape index (κ1) is 27.2. The van der Waals surface area contributed by atoms with Crippen LogP contribution in [-0.2, 0) is 19.1 Å². The van der Waals surface area contributed by atoms with Crippen molar-refractivity contribution in [2.45, 2.75) is 32.4 Å². The fourth-order valence-corrected chi connectivity index (χ4v) is 4.81. The standard InChI is InChI=1S/C29H22F5N5O3/c1-16-5-6-20(36-26(40)17-3-2-4-19(11-17)28(30,31)32)12-23(16)39-10-9-22-18(15-39)14-35-27(38-22)37-21-7-8-24-25(13-21)42-29(33,34)41-24/h2-8,11-14H,9-10,15H2,1H3,(H,36,40)(H,35,37,38). The minimum absolute atomic E-state index is 0.0633. The lowest BCUT2D eigenvalue weighted by atomic mass is 10.0. The number of hydrogen-bond acceptors (Lipinski definition) is 7. The summed E-state index contributed by atoms with van der Waals surface area (Å²) in [5, 5.41) is 5.68. The number of hydrogen-bond donors (Lipinski definition) is 2. The van der Waals surface area contributed by atoms with E-state index >= 15 is 0 Å². The normalized spacial score (nSPS) is 15.2. The molecule has 2 N–H and O–H groups in total. The van der Waals surface area contributed by atoms with Gasteiger partial charge in [0.25, 0.3) is 5.91 Å². The van der Waals surface area contributed by atoms with Crippen LogP contribution in [0, 0.1) is 6.92 Å². The molecule has 0 atom stereocenters. The molecule has 0 saturated carbocycles. The number of benzene rings is 3. The molecule has 2 aliphatic rings. The minimum atomic E-state index is -4.55. The van der Waals surface area contributed by atoms with E-state index in [4.69, 9.17) is 0 Å². The van der Waals surface area contributed by atoms with Gasteiger partial charge in [-0.3, -0.25) is 4.79 Å². The summed E-state index contributed by atoms with van der Waals surface area (Å²) in [4.78, 5) is 23.8. The zero-order valence-corrected chi connectivity index (χ0v) is 21.9. The Hall–Kier alpha value is -4.94. The summed E-state index contributed by atoms with van der Waals surface area (Å²) in [7, 11) is 0. The van der Waals surface area contributed by atoms with E-state index in [1.54, 1.807) is 24.4 Å². The first-order valence-corrected chi connectivity index (χ1v) is 12.8. The molecular formula is C29H22F5N5O3. The van der Waals surface area contributed by atoms with Crippen molar-refractivity contribution < 1.29 is 36.2 Å². The van der Waals surface area contributed by atoms with Gasteiger partial charge in [0, 0.05) is 60.0 Å².